The lowest BCUT2D eigenvalue weighted by molar-refractivity contribution is -0.119. The standard InChI is InChI=1S/C30H26ClN3O6/c1-17(35)23-12-7-20(31)14-24(23)25-15-28(36)34(16-27(25)40-2)26(13-18-3-8-21(32)9-4-18)29(37)33-22-10-5-19(6-11-22)30(38)39/h3-12,14-16,26H,13,32H2,1-2H3,(H,33,37)(H,38,39). The SMILES string of the molecule is COc1cn(C(Cc2ccc(N)cc2)C(=O)Nc2ccc(C(=O)O)cc2)c(=O)cc1-c1cc(Cl)ccc1C(C)=O. The summed E-state index contributed by atoms with van der Waals surface area (Å²) >= 11 is 6.21. The van der Waals surface area contributed by atoms with Gasteiger partial charge >= 0.3 is 5.97 Å². The lowest BCUT2D eigenvalue weighted by Gasteiger charge is -2.22. The third-order valence-corrected chi connectivity index (χ3v) is 6.60. The average Bonchev–Trinajstić information content (AvgIpc) is 2.92. The number of carboxylic acids is 1. The summed E-state index contributed by atoms with van der Waals surface area (Å²) in [5.74, 6) is -1.56. The molecule has 10 heteroatoms. The van der Waals surface area contributed by atoms with Gasteiger partial charge in [-0.15, -0.1) is 0 Å². The summed E-state index contributed by atoms with van der Waals surface area (Å²) in [6, 6.07) is 17.6. The zero-order valence-electron chi connectivity index (χ0n) is 21.7. The Balaban J connectivity index is 1.80. The van der Waals surface area contributed by atoms with Crippen molar-refractivity contribution >= 4 is 40.6 Å². The predicted molar refractivity (Wildman–Crippen MR) is 153 cm³/mol. The van der Waals surface area contributed by atoms with Crippen LogP contribution >= 0.6 is 11.6 Å². The van der Waals surface area contributed by atoms with Crippen LogP contribution in [0.25, 0.3) is 11.1 Å². The minimum atomic E-state index is -1.09. The van der Waals surface area contributed by atoms with Crippen LogP contribution in [-0.2, 0) is 11.2 Å². The highest BCUT2D eigenvalue weighted by Crippen LogP contribution is 2.34. The molecule has 1 amide bonds. The number of carbonyl (C=O) groups is 3. The maximum atomic E-state index is 13.6. The molecule has 0 aliphatic carbocycles. The number of nitrogens with two attached hydrogens (primary N) is 1. The molecule has 4 N–H and O–H groups in total. The molecule has 0 aliphatic heterocycles. The first-order valence-electron chi connectivity index (χ1n) is 12.2. The van der Waals surface area contributed by atoms with Gasteiger partial charge in [0.15, 0.2) is 5.78 Å². The van der Waals surface area contributed by atoms with Crippen molar-refractivity contribution in [3.05, 3.63) is 111 Å². The number of methoxy groups -OCH3 is 1. The van der Waals surface area contributed by atoms with E-state index in [0.29, 0.717) is 33.1 Å². The summed E-state index contributed by atoms with van der Waals surface area (Å²) in [6.07, 6.45) is 1.56. The van der Waals surface area contributed by atoms with Gasteiger partial charge < -0.3 is 20.9 Å². The second-order valence-electron chi connectivity index (χ2n) is 9.08. The fourth-order valence-corrected chi connectivity index (χ4v) is 4.48. The molecular weight excluding hydrogens is 534 g/mol. The Morgan fingerprint density at radius 2 is 1.68 bits per heavy atom. The number of halogens is 1. The van der Waals surface area contributed by atoms with Crippen LogP contribution in [0.15, 0.2) is 83.8 Å². The van der Waals surface area contributed by atoms with Crippen LogP contribution in [0.2, 0.25) is 5.02 Å². The number of aromatic carboxylic acids is 1. The van der Waals surface area contributed by atoms with E-state index in [1.54, 1.807) is 42.5 Å². The molecule has 4 rings (SSSR count). The highest BCUT2D eigenvalue weighted by Gasteiger charge is 2.25. The van der Waals surface area contributed by atoms with Gasteiger partial charge in [0.05, 0.1) is 18.9 Å². The Morgan fingerprint density at radius 3 is 2.27 bits per heavy atom. The van der Waals surface area contributed by atoms with Gasteiger partial charge in [0.2, 0.25) is 5.91 Å². The zero-order chi connectivity index (χ0) is 29.0. The average molecular weight is 560 g/mol. The van der Waals surface area contributed by atoms with Crippen molar-refractivity contribution in [2.45, 2.75) is 19.4 Å². The highest BCUT2D eigenvalue weighted by atomic mass is 35.5. The third-order valence-electron chi connectivity index (χ3n) is 6.36. The Labute approximate surface area is 234 Å². The van der Waals surface area contributed by atoms with E-state index in [0.717, 1.165) is 5.56 Å². The first kappa shape index (κ1) is 28.1. The van der Waals surface area contributed by atoms with Crippen LogP contribution in [0, 0.1) is 0 Å². The zero-order valence-corrected chi connectivity index (χ0v) is 22.4. The second kappa shape index (κ2) is 11.9. The second-order valence-corrected chi connectivity index (χ2v) is 9.52. The smallest absolute Gasteiger partial charge is 0.335 e. The van der Waals surface area contributed by atoms with Crippen molar-refractivity contribution in [3.63, 3.8) is 0 Å². The molecule has 1 heterocycles. The molecule has 0 saturated heterocycles. The molecule has 9 nitrogen and oxygen atoms in total. The molecule has 3 aromatic carbocycles. The van der Waals surface area contributed by atoms with E-state index in [1.165, 1.54) is 55.1 Å². The maximum absolute atomic E-state index is 13.6. The third kappa shape index (κ3) is 6.22. The normalized spacial score (nSPS) is 11.5. The number of rotatable bonds is 9. The lowest BCUT2D eigenvalue weighted by atomic mass is 9.97. The van der Waals surface area contributed by atoms with Crippen molar-refractivity contribution in [3.8, 4) is 16.9 Å². The van der Waals surface area contributed by atoms with Crippen molar-refractivity contribution in [2.75, 3.05) is 18.2 Å². The summed E-state index contributed by atoms with van der Waals surface area (Å²) in [7, 11) is 1.42. The quantitative estimate of drug-likeness (QED) is 0.192. The van der Waals surface area contributed by atoms with Gasteiger partial charge in [-0.25, -0.2) is 4.79 Å². The van der Waals surface area contributed by atoms with Gasteiger partial charge in [0.25, 0.3) is 5.56 Å². The fourth-order valence-electron chi connectivity index (χ4n) is 4.31. The Kier molecular flexibility index (Phi) is 8.35. The van der Waals surface area contributed by atoms with Crippen LogP contribution < -0.4 is 21.3 Å². The first-order valence-corrected chi connectivity index (χ1v) is 12.5. The number of nitrogens with zero attached hydrogens (tertiary/aromatic N) is 1. The molecular formula is C30H26ClN3O6. The molecule has 1 aromatic heterocycles. The molecule has 1 unspecified atom stereocenters. The molecule has 0 spiro atoms. The molecule has 40 heavy (non-hydrogen) atoms. The Morgan fingerprint density at radius 1 is 1.00 bits per heavy atom. The number of anilines is 2. The number of hydrogen-bond acceptors (Lipinski definition) is 6. The first-order chi connectivity index (χ1) is 19.1. The number of ketones is 1. The van der Waals surface area contributed by atoms with Crippen molar-refractivity contribution in [1.82, 2.24) is 4.57 Å². The summed E-state index contributed by atoms with van der Waals surface area (Å²) in [5.41, 5.74) is 8.18. The van der Waals surface area contributed by atoms with Gasteiger partial charge in [0.1, 0.15) is 11.8 Å². The van der Waals surface area contributed by atoms with Gasteiger partial charge in [-0.2, -0.15) is 0 Å². The van der Waals surface area contributed by atoms with Gasteiger partial charge in [-0.05, 0) is 72.6 Å². The Hall–Kier alpha value is -4.89. The van der Waals surface area contributed by atoms with E-state index in [-0.39, 0.29) is 23.5 Å². The summed E-state index contributed by atoms with van der Waals surface area (Å²) in [4.78, 5) is 50.6. The number of nitrogen functional groups attached to an aromatic ring is 1. The number of ether oxygens (including phenoxy) is 1. The molecule has 0 radical (unpaired) electrons. The van der Waals surface area contributed by atoms with Crippen LogP contribution in [-0.4, -0.2) is 34.4 Å². The van der Waals surface area contributed by atoms with Crippen molar-refractivity contribution in [2.24, 2.45) is 0 Å². The van der Waals surface area contributed by atoms with E-state index in [9.17, 15) is 19.2 Å². The molecule has 0 saturated carbocycles. The van der Waals surface area contributed by atoms with Crippen LogP contribution in [0.1, 0.15) is 39.2 Å². The van der Waals surface area contributed by atoms with Gasteiger partial charge in [-0.3, -0.25) is 19.0 Å². The predicted octanol–water partition coefficient (Wildman–Crippen LogP) is 5.08. The van der Waals surface area contributed by atoms with E-state index >= 15 is 0 Å². The van der Waals surface area contributed by atoms with Crippen molar-refractivity contribution < 1.29 is 24.2 Å². The number of amides is 1. The number of Topliss-reactive ketones (excluding diaryl/α,β-unsaturated/α-hetero) is 1. The van der Waals surface area contributed by atoms with E-state index in [1.807, 2.05) is 0 Å². The summed E-state index contributed by atoms with van der Waals surface area (Å²) in [6.45, 7) is 1.41. The minimum absolute atomic E-state index is 0.0684. The molecule has 4 aromatic rings. The number of hydrogen-bond donors (Lipinski definition) is 3. The highest BCUT2D eigenvalue weighted by molar-refractivity contribution is 6.31. The number of nitrogens with one attached hydrogen (secondary N) is 1. The summed E-state index contributed by atoms with van der Waals surface area (Å²) < 4.78 is 6.86. The van der Waals surface area contributed by atoms with Crippen LogP contribution in [0.3, 0.4) is 0 Å². The van der Waals surface area contributed by atoms with Gasteiger partial charge in [0, 0.05) is 40.0 Å². The number of carboxylic acid groups (broad SMARTS) is 1. The van der Waals surface area contributed by atoms with Gasteiger partial charge in [-0.1, -0.05) is 23.7 Å². The van der Waals surface area contributed by atoms with E-state index < -0.39 is 23.5 Å². The Bertz CT molecular complexity index is 1650. The monoisotopic (exact) mass is 559 g/mol. The van der Waals surface area contributed by atoms with Crippen LogP contribution in [0.5, 0.6) is 5.75 Å². The summed E-state index contributed by atoms with van der Waals surface area (Å²) in [5, 5.41) is 12.3. The number of pyridine rings is 1. The molecule has 0 fully saturated rings. The minimum Gasteiger partial charge on any atom is -0.495 e. The number of aromatic nitrogens is 1. The topological polar surface area (TPSA) is 141 Å². The van der Waals surface area contributed by atoms with E-state index in [4.69, 9.17) is 27.2 Å². The van der Waals surface area contributed by atoms with Crippen molar-refractivity contribution in [1.29, 1.82) is 0 Å². The molecule has 204 valence electrons. The lowest BCUT2D eigenvalue weighted by Crippen LogP contribution is -2.34. The van der Waals surface area contributed by atoms with E-state index in [2.05, 4.69) is 5.32 Å². The molecule has 1 atom stereocenters. The number of benzene rings is 3. The fraction of sp³-hybridized carbons (Fsp3) is 0.133. The van der Waals surface area contributed by atoms with Crippen LogP contribution in [0.4, 0.5) is 11.4 Å². The largest absolute Gasteiger partial charge is 0.495 e. The molecule has 0 aliphatic rings. The number of carbonyl (C=O) groups excluding carboxylic acids is 2. The maximum Gasteiger partial charge on any atom is 0.335 e. The molecule has 0 bridgehead atoms.